The fraction of sp³-hybridized carbons (Fsp3) is 0.857. The molecule has 5 heteroatoms. The normalized spacial score (nSPS) is 34.6. The molecule has 0 aromatic rings. The second-order valence-electron chi connectivity index (χ2n) is 9.62. The molecule has 2 saturated carbocycles. The Bertz CT molecular complexity index is 622. The van der Waals surface area contributed by atoms with Gasteiger partial charge in [-0.2, -0.15) is 0 Å². The van der Waals surface area contributed by atoms with E-state index in [4.69, 9.17) is 4.74 Å². The molecule has 5 nitrogen and oxygen atoms in total. The molecular weight excluding hydrogens is 332 g/mol. The number of aliphatic hydroxyl groups is 1. The Kier molecular flexibility index (Phi) is 5.21. The second-order valence-corrected chi connectivity index (χ2v) is 9.62. The summed E-state index contributed by atoms with van der Waals surface area (Å²) in [6.07, 6.45) is 2.07. The monoisotopic (exact) mass is 366 g/mol. The van der Waals surface area contributed by atoms with Crippen molar-refractivity contribution in [2.45, 2.75) is 92.3 Å². The third-order valence-corrected chi connectivity index (χ3v) is 7.77. The van der Waals surface area contributed by atoms with Crippen LogP contribution in [0.2, 0.25) is 0 Å². The summed E-state index contributed by atoms with van der Waals surface area (Å²) in [5.74, 6) is -0.839. The molecule has 0 radical (unpaired) electrons. The first-order valence-electron chi connectivity index (χ1n) is 9.70. The number of ether oxygens (including phenoxy) is 1. The summed E-state index contributed by atoms with van der Waals surface area (Å²) in [5, 5.41) is 11.3. The Balaban J connectivity index is 2.17. The van der Waals surface area contributed by atoms with Gasteiger partial charge >= 0.3 is 5.97 Å². The molecule has 2 bridgehead atoms. The fourth-order valence-electron chi connectivity index (χ4n) is 5.03. The van der Waals surface area contributed by atoms with E-state index >= 15 is 0 Å². The van der Waals surface area contributed by atoms with Crippen molar-refractivity contribution in [2.24, 2.45) is 22.2 Å². The van der Waals surface area contributed by atoms with Crippen molar-refractivity contribution in [2.75, 3.05) is 0 Å². The zero-order valence-electron chi connectivity index (χ0n) is 17.3. The third-order valence-electron chi connectivity index (χ3n) is 7.77. The van der Waals surface area contributed by atoms with Crippen LogP contribution in [0.3, 0.4) is 0 Å². The van der Waals surface area contributed by atoms with Crippen molar-refractivity contribution < 1.29 is 24.2 Å². The predicted octanol–water partition coefficient (Wildman–Crippen LogP) is 3.46. The Labute approximate surface area is 156 Å². The van der Waals surface area contributed by atoms with E-state index in [0.717, 1.165) is 12.8 Å². The van der Waals surface area contributed by atoms with Crippen molar-refractivity contribution in [3.8, 4) is 0 Å². The molecule has 0 unspecified atom stereocenters. The highest BCUT2D eigenvalue weighted by molar-refractivity contribution is 6.03. The maximum absolute atomic E-state index is 13.1. The molecule has 26 heavy (non-hydrogen) atoms. The molecule has 148 valence electrons. The van der Waals surface area contributed by atoms with Gasteiger partial charge < -0.3 is 9.84 Å². The van der Waals surface area contributed by atoms with Crippen LogP contribution in [0.4, 0.5) is 0 Å². The van der Waals surface area contributed by atoms with Gasteiger partial charge in [-0.25, -0.2) is 0 Å². The lowest BCUT2D eigenvalue weighted by Gasteiger charge is -2.44. The van der Waals surface area contributed by atoms with Crippen molar-refractivity contribution in [1.82, 2.24) is 0 Å². The Morgan fingerprint density at radius 2 is 1.81 bits per heavy atom. The number of Topliss-reactive ketones (excluding diaryl/α,β-unsaturated/α-hetero) is 2. The first-order chi connectivity index (χ1) is 11.7. The minimum Gasteiger partial charge on any atom is -0.462 e. The first-order valence-corrected chi connectivity index (χ1v) is 9.70. The summed E-state index contributed by atoms with van der Waals surface area (Å²) in [7, 11) is 0. The fourth-order valence-corrected chi connectivity index (χ4v) is 5.03. The third kappa shape index (κ3) is 2.83. The van der Waals surface area contributed by atoms with E-state index < -0.39 is 22.4 Å². The van der Waals surface area contributed by atoms with Gasteiger partial charge in [0.25, 0.3) is 0 Å². The lowest BCUT2D eigenvalue weighted by molar-refractivity contribution is -0.164. The van der Waals surface area contributed by atoms with Crippen molar-refractivity contribution in [1.29, 1.82) is 0 Å². The van der Waals surface area contributed by atoms with Gasteiger partial charge in [-0.3, -0.25) is 14.4 Å². The molecule has 0 heterocycles. The maximum Gasteiger partial charge on any atom is 0.319 e. The molecule has 0 aromatic carbocycles. The molecule has 0 aromatic heterocycles. The van der Waals surface area contributed by atoms with Crippen molar-refractivity contribution in [3.05, 3.63) is 0 Å². The van der Waals surface area contributed by atoms with Crippen LogP contribution in [0.25, 0.3) is 0 Å². The molecule has 0 spiro atoms. The largest absolute Gasteiger partial charge is 0.462 e. The first kappa shape index (κ1) is 21.1. The average Bonchev–Trinajstić information content (AvgIpc) is 2.83. The van der Waals surface area contributed by atoms with Crippen molar-refractivity contribution >= 4 is 17.5 Å². The Morgan fingerprint density at radius 1 is 1.23 bits per heavy atom. The van der Waals surface area contributed by atoms with Gasteiger partial charge in [-0.15, -0.1) is 0 Å². The quantitative estimate of drug-likeness (QED) is 0.551. The number of esters is 1. The standard InChI is InChI=1S/C21H34O5/c1-13(2)26-17(24)19(6,14(3)22)10-9-16(23)21(25)12-15-8-11-20(21,7)18(15,4)5/h13,15,25H,8-12H2,1-7H3/t15-,19-,20-,21+/m1/s1. The molecule has 1 N–H and O–H groups in total. The maximum atomic E-state index is 13.1. The molecule has 2 aliphatic rings. The van der Waals surface area contributed by atoms with Crippen LogP contribution in [0, 0.1) is 22.2 Å². The van der Waals surface area contributed by atoms with E-state index in [1.54, 1.807) is 13.8 Å². The number of hydrogen-bond donors (Lipinski definition) is 1. The van der Waals surface area contributed by atoms with Crippen LogP contribution in [0.15, 0.2) is 0 Å². The van der Waals surface area contributed by atoms with Crippen LogP contribution >= 0.6 is 0 Å². The minimum absolute atomic E-state index is 0.00182. The summed E-state index contributed by atoms with van der Waals surface area (Å²) in [6.45, 7) is 12.6. The van der Waals surface area contributed by atoms with Crippen molar-refractivity contribution in [3.63, 3.8) is 0 Å². The zero-order chi connectivity index (χ0) is 20.1. The summed E-state index contributed by atoms with van der Waals surface area (Å²) in [5.41, 5.74) is -3.30. The average molecular weight is 366 g/mol. The molecule has 2 aliphatic carbocycles. The number of ketones is 2. The molecule has 2 fully saturated rings. The Hall–Kier alpha value is -1.23. The highest BCUT2D eigenvalue weighted by Gasteiger charge is 2.70. The molecule has 2 rings (SSSR count). The number of fused-ring (bicyclic) bond motifs is 2. The van der Waals surface area contributed by atoms with Gasteiger partial charge in [-0.1, -0.05) is 20.8 Å². The van der Waals surface area contributed by atoms with E-state index in [1.165, 1.54) is 13.8 Å². The van der Waals surface area contributed by atoms with Crippen LogP contribution in [0.1, 0.15) is 80.6 Å². The smallest absolute Gasteiger partial charge is 0.319 e. The van der Waals surface area contributed by atoms with Gasteiger partial charge in [0.15, 0.2) is 5.78 Å². The summed E-state index contributed by atoms with van der Waals surface area (Å²) >= 11 is 0. The predicted molar refractivity (Wildman–Crippen MR) is 98.4 cm³/mol. The van der Waals surface area contributed by atoms with E-state index in [2.05, 4.69) is 13.8 Å². The van der Waals surface area contributed by atoms with Gasteiger partial charge in [0.2, 0.25) is 0 Å². The lowest BCUT2D eigenvalue weighted by Crippen LogP contribution is -2.53. The highest BCUT2D eigenvalue weighted by Crippen LogP contribution is 2.70. The van der Waals surface area contributed by atoms with Gasteiger partial charge in [0, 0.05) is 11.8 Å². The summed E-state index contributed by atoms with van der Waals surface area (Å²) in [6, 6.07) is 0. The van der Waals surface area contributed by atoms with E-state index in [0.29, 0.717) is 12.3 Å². The zero-order valence-corrected chi connectivity index (χ0v) is 17.3. The molecular formula is C21H34O5. The van der Waals surface area contributed by atoms with Crippen LogP contribution < -0.4 is 0 Å². The van der Waals surface area contributed by atoms with Gasteiger partial charge in [-0.05, 0) is 64.7 Å². The molecule has 0 amide bonds. The highest BCUT2D eigenvalue weighted by atomic mass is 16.5. The van der Waals surface area contributed by atoms with Crippen LogP contribution in [-0.4, -0.2) is 34.3 Å². The van der Waals surface area contributed by atoms with E-state index in [9.17, 15) is 19.5 Å². The molecule has 0 saturated heterocycles. The number of hydrogen-bond acceptors (Lipinski definition) is 5. The van der Waals surface area contributed by atoms with Crippen LogP contribution in [0.5, 0.6) is 0 Å². The molecule has 0 aliphatic heterocycles. The van der Waals surface area contributed by atoms with Crippen LogP contribution in [-0.2, 0) is 19.1 Å². The van der Waals surface area contributed by atoms with Gasteiger partial charge in [0.05, 0.1) is 6.10 Å². The van der Waals surface area contributed by atoms with E-state index in [1.807, 2.05) is 6.92 Å². The summed E-state index contributed by atoms with van der Waals surface area (Å²) in [4.78, 5) is 37.6. The topological polar surface area (TPSA) is 80.7 Å². The molecule has 4 atom stereocenters. The second kappa shape index (κ2) is 6.43. The van der Waals surface area contributed by atoms with Gasteiger partial charge in [0.1, 0.15) is 16.8 Å². The number of rotatable bonds is 7. The summed E-state index contributed by atoms with van der Waals surface area (Å²) < 4.78 is 5.23. The lowest BCUT2D eigenvalue weighted by atomic mass is 9.62. The Morgan fingerprint density at radius 3 is 2.19 bits per heavy atom. The number of carbonyl (C=O) groups excluding carboxylic acids is 3. The SMILES string of the molecule is CC(=O)[C@@](C)(CCC(=O)[C@@]1(O)C[C@H]2CC[C@]1(C)C2(C)C)C(=O)OC(C)C. The minimum atomic E-state index is -1.38. The number of carbonyl (C=O) groups is 3. The van der Waals surface area contributed by atoms with E-state index in [-0.39, 0.29) is 35.9 Å².